The molecule has 37 heavy (non-hydrogen) atoms. The van der Waals surface area contributed by atoms with Crippen molar-refractivity contribution in [1.29, 1.82) is 0 Å². The zero-order valence-electron chi connectivity index (χ0n) is 21.1. The summed E-state index contributed by atoms with van der Waals surface area (Å²) in [5.41, 5.74) is 9.22. The highest BCUT2D eigenvalue weighted by Gasteiger charge is 2.28. The summed E-state index contributed by atoms with van der Waals surface area (Å²) in [5.74, 6) is 1.50. The molecule has 2 aromatic carbocycles. The van der Waals surface area contributed by atoms with E-state index in [1.165, 1.54) is 12.1 Å². The topological polar surface area (TPSA) is 102 Å². The van der Waals surface area contributed by atoms with Crippen molar-refractivity contribution in [2.75, 3.05) is 64.4 Å². The van der Waals surface area contributed by atoms with Gasteiger partial charge in [-0.05, 0) is 30.5 Å². The van der Waals surface area contributed by atoms with Gasteiger partial charge in [0.05, 0.1) is 45.7 Å². The minimum atomic E-state index is -0.331. The normalized spacial score (nSPS) is 18.5. The number of benzene rings is 2. The summed E-state index contributed by atoms with van der Waals surface area (Å²) in [6.45, 7) is 3.63. The van der Waals surface area contributed by atoms with Gasteiger partial charge in [0.15, 0.2) is 11.5 Å². The number of fused-ring (bicyclic) bond motifs is 1. The molecule has 1 aromatic heterocycles. The van der Waals surface area contributed by atoms with Crippen LogP contribution < -0.4 is 25.4 Å². The molecule has 0 aliphatic carbocycles. The molecule has 0 spiro atoms. The number of anilines is 2. The Hall–Kier alpha value is -3.63. The van der Waals surface area contributed by atoms with E-state index in [4.69, 9.17) is 24.9 Å². The summed E-state index contributed by atoms with van der Waals surface area (Å²) in [4.78, 5) is 21.9. The van der Waals surface area contributed by atoms with Crippen molar-refractivity contribution in [3.8, 4) is 22.6 Å². The van der Waals surface area contributed by atoms with E-state index in [9.17, 15) is 9.18 Å². The quantitative estimate of drug-likeness (QED) is 0.541. The van der Waals surface area contributed by atoms with Crippen molar-refractivity contribution in [3.63, 3.8) is 0 Å². The first kappa shape index (κ1) is 25.0. The monoisotopic (exact) mass is 509 g/mol. The molecule has 0 bridgehead atoms. The molecule has 2 aliphatic rings. The molecule has 10 heteroatoms. The molecule has 1 amide bonds. The first-order valence-electron chi connectivity index (χ1n) is 12.5. The van der Waals surface area contributed by atoms with Crippen LogP contribution >= 0.6 is 0 Å². The SMILES string of the molecule is COc1cc2nc(N3CCCC(C(=O)N4CCOCC4)NC3)cc(N)c2c(-c2ccc(F)cc2)c1OC. The summed E-state index contributed by atoms with van der Waals surface area (Å²) >= 11 is 0. The number of aromatic nitrogens is 1. The van der Waals surface area contributed by atoms with Crippen molar-refractivity contribution in [2.24, 2.45) is 0 Å². The van der Waals surface area contributed by atoms with Gasteiger partial charge in [-0.1, -0.05) is 12.1 Å². The molecular weight excluding hydrogens is 477 g/mol. The number of pyridine rings is 1. The summed E-state index contributed by atoms with van der Waals surface area (Å²) in [7, 11) is 3.13. The fourth-order valence-electron chi connectivity index (χ4n) is 5.08. The van der Waals surface area contributed by atoms with Gasteiger partial charge in [-0.25, -0.2) is 9.37 Å². The number of nitrogens with one attached hydrogen (secondary N) is 1. The predicted molar refractivity (Wildman–Crippen MR) is 140 cm³/mol. The van der Waals surface area contributed by atoms with Crippen LogP contribution in [0.15, 0.2) is 36.4 Å². The van der Waals surface area contributed by atoms with E-state index >= 15 is 0 Å². The Morgan fingerprint density at radius 2 is 1.89 bits per heavy atom. The number of nitrogen functional groups attached to an aromatic ring is 1. The Labute approximate surface area is 215 Å². The maximum atomic E-state index is 13.7. The number of carbonyl (C=O) groups is 1. The van der Waals surface area contributed by atoms with Crippen LogP contribution in [0, 0.1) is 5.82 Å². The van der Waals surface area contributed by atoms with Gasteiger partial charge in [-0.15, -0.1) is 0 Å². The van der Waals surface area contributed by atoms with E-state index in [1.807, 2.05) is 11.0 Å². The largest absolute Gasteiger partial charge is 0.493 e. The van der Waals surface area contributed by atoms with Gasteiger partial charge >= 0.3 is 0 Å². The van der Waals surface area contributed by atoms with E-state index < -0.39 is 0 Å². The van der Waals surface area contributed by atoms with Crippen molar-refractivity contribution in [3.05, 3.63) is 42.2 Å². The molecule has 3 heterocycles. The average Bonchev–Trinajstić information content (AvgIpc) is 3.19. The lowest BCUT2D eigenvalue weighted by Crippen LogP contribution is -2.51. The van der Waals surface area contributed by atoms with E-state index in [0.29, 0.717) is 72.4 Å². The Morgan fingerprint density at radius 1 is 1.14 bits per heavy atom. The molecule has 2 fully saturated rings. The number of halogens is 1. The minimum Gasteiger partial charge on any atom is -0.493 e. The maximum absolute atomic E-state index is 13.7. The van der Waals surface area contributed by atoms with Gasteiger partial charge in [0.2, 0.25) is 5.91 Å². The van der Waals surface area contributed by atoms with Crippen molar-refractivity contribution >= 4 is 28.3 Å². The van der Waals surface area contributed by atoms with Gasteiger partial charge in [-0.2, -0.15) is 0 Å². The summed E-state index contributed by atoms with van der Waals surface area (Å²) < 4.78 is 30.4. The van der Waals surface area contributed by atoms with Crippen molar-refractivity contribution in [1.82, 2.24) is 15.2 Å². The maximum Gasteiger partial charge on any atom is 0.239 e. The van der Waals surface area contributed by atoms with Crippen LogP contribution in [0.5, 0.6) is 11.5 Å². The second-order valence-electron chi connectivity index (χ2n) is 9.22. The second-order valence-corrected chi connectivity index (χ2v) is 9.22. The Kier molecular flexibility index (Phi) is 7.29. The van der Waals surface area contributed by atoms with Gasteiger partial charge < -0.3 is 29.7 Å². The van der Waals surface area contributed by atoms with Crippen molar-refractivity contribution < 1.29 is 23.4 Å². The standard InChI is InChI=1S/C27H32FN5O4/c1-35-22-15-21-25(24(26(22)36-2)17-5-7-18(28)8-6-17)19(29)14-23(31-21)33-9-3-4-20(30-16-33)27(34)32-10-12-37-13-11-32/h5-8,14-15,20,30H,3-4,9-13,16H2,1-2H3,(H2,29,31). The molecule has 196 valence electrons. The van der Waals surface area contributed by atoms with E-state index in [0.717, 1.165) is 24.9 Å². The molecular formula is C27H32FN5O4. The number of amides is 1. The molecule has 9 nitrogen and oxygen atoms in total. The van der Waals surface area contributed by atoms with E-state index in [2.05, 4.69) is 10.2 Å². The average molecular weight is 510 g/mol. The summed E-state index contributed by atoms with van der Waals surface area (Å²) in [5, 5.41) is 4.12. The minimum absolute atomic E-state index is 0.122. The lowest BCUT2D eigenvalue weighted by Gasteiger charge is -2.30. The molecule has 2 saturated heterocycles. The highest BCUT2D eigenvalue weighted by atomic mass is 19.1. The van der Waals surface area contributed by atoms with Crippen molar-refractivity contribution in [2.45, 2.75) is 18.9 Å². The Bertz CT molecular complexity index is 1280. The van der Waals surface area contributed by atoms with Crippen LogP contribution in [0.2, 0.25) is 0 Å². The van der Waals surface area contributed by atoms with Crippen LogP contribution in [0.3, 0.4) is 0 Å². The Balaban J connectivity index is 1.48. The number of hydrogen-bond acceptors (Lipinski definition) is 8. The molecule has 5 rings (SSSR count). The van der Waals surface area contributed by atoms with E-state index in [1.54, 1.807) is 32.4 Å². The van der Waals surface area contributed by atoms with Gasteiger partial charge in [0, 0.05) is 48.4 Å². The smallest absolute Gasteiger partial charge is 0.239 e. The molecule has 0 saturated carbocycles. The van der Waals surface area contributed by atoms with Gasteiger partial charge in [-0.3, -0.25) is 10.1 Å². The van der Waals surface area contributed by atoms with Crippen LogP contribution in [-0.4, -0.2) is 75.6 Å². The van der Waals surface area contributed by atoms with Crippen LogP contribution in [0.25, 0.3) is 22.0 Å². The van der Waals surface area contributed by atoms with Crippen LogP contribution in [0.4, 0.5) is 15.9 Å². The molecule has 3 aromatic rings. The Morgan fingerprint density at radius 3 is 2.59 bits per heavy atom. The highest BCUT2D eigenvalue weighted by Crippen LogP contribution is 2.46. The zero-order chi connectivity index (χ0) is 25.9. The summed E-state index contributed by atoms with van der Waals surface area (Å²) in [6, 6.07) is 9.57. The lowest BCUT2D eigenvalue weighted by molar-refractivity contribution is -0.137. The third kappa shape index (κ3) is 4.99. The first-order chi connectivity index (χ1) is 18.0. The first-order valence-corrected chi connectivity index (χ1v) is 12.5. The number of methoxy groups -OCH3 is 2. The molecule has 1 atom stereocenters. The predicted octanol–water partition coefficient (Wildman–Crippen LogP) is 3.02. The van der Waals surface area contributed by atoms with Gasteiger partial charge in [0.1, 0.15) is 11.6 Å². The second kappa shape index (κ2) is 10.8. The summed E-state index contributed by atoms with van der Waals surface area (Å²) in [6.07, 6.45) is 1.58. The fourth-order valence-corrected chi connectivity index (χ4v) is 5.08. The number of nitrogens with zero attached hydrogens (tertiary/aromatic N) is 3. The zero-order valence-corrected chi connectivity index (χ0v) is 21.1. The lowest BCUT2D eigenvalue weighted by atomic mass is 9.97. The molecule has 2 aliphatic heterocycles. The molecule has 1 unspecified atom stereocenters. The van der Waals surface area contributed by atoms with E-state index in [-0.39, 0.29) is 17.8 Å². The fraction of sp³-hybridized carbons (Fsp3) is 0.407. The molecule has 0 radical (unpaired) electrons. The number of nitrogens with two attached hydrogens (primary N) is 1. The van der Waals surface area contributed by atoms with Crippen LogP contribution in [-0.2, 0) is 9.53 Å². The number of morpholine rings is 1. The highest BCUT2D eigenvalue weighted by molar-refractivity contribution is 6.07. The number of rotatable bonds is 5. The molecule has 3 N–H and O–H groups in total. The van der Waals surface area contributed by atoms with Gasteiger partial charge in [0.25, 0.3) is 0 Å². The van der Waals surface area contributed by atoms with Crippen LogP contribution in [0.1, 0.15) is 12.8 Å². The number of hydrogen-bond donors (Lipinski definition) is 2. The number of ether oxygens (including phenoxy) is 3. The third-order valence-corrected chi connectivity index (χ3v) is 6.98. The third-order valence-electron chi connectivity index (χ3n) is 6.98. The number of carbonyl (C=O) groups excluding carboxylic acids is 1.